The van der Waals surface area contributed by atoms with Gasteiger partial charge in [-0.3, -0.25) is 4.79 Å². The van der Waals surface area contributed by atoms with E-state index in [0.717, 1.165) is 32.3 Å². The van der Waals surface area contributed by atoms with Crippen LogP contribution < -0.4 is 5.73 Å². The highest BCUT2D eigenvalue weighted by atomic mass is 32.1. The van der Waals surface area contributed by atoms with Crippen molar-refractivity contribution in [2.75, 3.05) is 20.2 Å². The lowest BCUT2D eigenvalue weighted by atomic mass is 10.0. The first-order chi connectivity index (χ1) is 8.56. The summed E-state index contributed by atoms with van der Waals surface area (Å²) in [5, 5.41) is 0. The number of hydrogen-bond donors (Lipinski definition) is 1. The van der Waals surface area contributed by atoms with Gasteiger partial charge in [-0.05, 0) is 25.7 Å². The van der Waals surface area contributed by atoms with E-state index in [1.54, 1.807) is 11.9 Å². The highest BCUT2D eigenvalue weighted by Crippen LogP contribution is 2.16. The Hall–Kier alpha value is -0.680. The second-order valence-electron chi connectivity index (χ2n) is 4.95. The summed E-state index contributed by atoms with van der Waals surface area (Å²) in [7, 11) is 1.81. The van der Waals surface area contributed by atoms with Gasteiger partial charge in [-0.25, -0.2) is 0 Å². The first kappa shape index (κ1) is 15.4. The standard InChI is InChI=1S/C13H24N2O2S/c1-3-6-11(12(14)18)13(16)15(2)9-10-7-4-5-8-17-10/h10-11H,3-9H2,1-2H3,(H2,14,18). The molecule has 0 saturated carbocycles. The molecule has 18 heavy (non-hydrogen) atoms. The van der Waals surface area contributed by atoms with Gasteiger partial charge in [0, 0.05) is 20.2 Å². The normalized spacial score (nSPS) is 21.3. The van der Waals surface area contributed by atoms with Gasteiger partial charge < -0.3 is 15.4 Å². The van der Waals surface area contributed by atoms with Crippen molar-refractivity contribution >= 4 is 23.1 Å². The lowest BCUT2D eigenvalue weighted by Gasteiger charge is -2.29. The third kappa shape index (κ3) is 4.53. The molecule has 0 aromatic carbocycles. The van der Waals surface area contributed by atoms with Gasteiger partial charge in [-0.1, -0.05) is 25.6 Å². The van der Waals surface area contributed by atoms with Crippen LogP contribution in [0.3, 0.4) is 0 Å². The molecule has 104 valence electrons. The molecule has 0 aromatic rings. The number of hydrogen-bond acceptors (Lipinski definition) is 3. The van der Waals surface area contributed by atoms with E-state index in [1.165, 1.54) is 6.42 Å². The number of likely N-dealkylation sites (N-methyl/N-ethyl adjacent to an activating group) is 1. The zero-order valence-corrected chi connectivity index (χ0v) is 12.2. The molecule has 0 radical (unpaired) electrons. The van der Waals surface area contributed by atoms with Crippen molar-refractivity contribution < 1.29 is 9.53 Å². The number of amides is 1. The van der Waals surface area contributed by atoms with Gasteiger partial charge in [-0.2, -0.15) is 0 Å². The number of rotatable bonds is 6. The van der Waals surface area contributed by atoms with Gasteiger partial charge >= 0.3 is 0 Å². The summed E-state index contributed by atoms with van der Waals surface area (Å²) in [5.74, 6) is -0.294. The smallest absolute Gasteiger partial charge is 0.232 e. The Balaban J connectivity index is 2.49. The van der Waals surface area contributed by atoms with Crippen LogP contribution in [-0.2, 0) is 9.53 Å². The van der Waals surface area contributed by atoms with Crippen LogP contribution in [0.25, 0.3) is 0 Å². The summed E-state index contributed by atoms with van der Waals surface area (Å²) < 4.78 is 5.64. The molecular formula is C13H24N2O2S. The first-order valence-electron chi connectivity index (χ1n) is 6.72. The molecule has 1 fully saturated rings. The molecule has 2 atom stereocenters. The minimum atomic E-state index is -0.321. The van der Waals surface area contributed by atoms with Crippen LogP contribution in [0.4, 0.5) is 0 Å². The van der Waals surface area contributed by atoms with Gasteiger partial charge in [-0.15, -0.1) is 0 Å². The highest BCUT2D eigenvalue weighted by molar-refractivity contribution is 7.80. The molecule has 0 aromatic heterocycles. The fourth-order valence-corrected chi connectivity index (χ4v) is 2.51. The van der Waals surface area contributed by atoms with Gasteiger partial charge in [0.05, 0.1) is 17.0 Å². The molecule has 2 unspecified atom stereocenters. The highest BCUT2D eigenvalue weighted by Gasteiger charge is 2.26. The van der Waals surface area contributed by atoms with Gasteiger partial charge in [0.15, 0.2) is 0 Å². The molecule has 2 N–H and O–H groups in total. The number of carbonyl (C=O) groups excluding carboxylic acids is 1. The molecule has 1 amide bonds. The van der Waals surface area contributed by atoms with E-state index in [4.69, 9.17) is 22.7 Å². The molecule has 1 rings (SSSR count). The SMILES string of the molecule is CCCC(C(=O)N(C)CC1CCCCO1)C(N)=S. The van der Waals surface area contributed by atoms with Gasteiger partial charge in [0.2, 0.25) is 5.91 Å². The Morgan fingerprint density at radius 1 is 1.56 bits per heavy atom. The molecular weight excluding hydrogens is 248 g/mol. The van der Waals surface area contributed by atoms with Crippen LogP contribution in [0.2, 0.25) is 0 Å². The van der Waals surface area contributed by atoms with Crippen molar-refractivity contribution in [1.82, 2.24) is 4.90 Å². The summed E-state index contributed by atoms with van der Waals surface area (Å²) in [5.41, 5.74) is 5.65. The zero-order valence-electron chi connectivity index (χ0n) is 11.4. The van der Waals surface area contributed by atoms with Crippen LogP contribution in [0.1, 0.15) is 39.0 Å². The summed E-state index contributed by atoms with van der Waals surface area (Å²) in [4.78, 5) is 14.3. The van der Waals surface area contributed by atoms with E-state index in [-0.39, 0.29) is 17.9 Å². The fourth-order valence-electron chi connectivity index (χ4n) is 2.29. The third-order valence-corrected chi connectivity index (χ3v) is 3.63. The minimum absolute atomic E-state index is 0.0264. The lowest BCUT2D eigenvalue weighted by molar-refractivity contribution is -0.134. The number of ether oxygens (including phenoxy) is 1. The maximum absolute atomic E-state index is 12.3. The number of thiocarbonyl (C=S) groups is 1. The second kappa shape index (κ2) is 7.69. The Morgan fingerprint density at radius 2 is 2.28 bits per heavy atom. The van der Waals surface area contributed by atoms with Gasteiger partial charge in [0.25, 0.3) is 0 Å². The number of nitrogens with zero attached hydrogens (tertiary/aromatic N) is 1. The Labute approximate surface area is 115 Å². The quantitative estimate of drug-likeness (QED) is 0.748. The van der Waals surface area contributed by atoms with Crippen molar-refractivity contribution in [3.8, 4) is 0 Å². The summed E-state index contributed by atoms with van der Waals surface area (Å²) >= 11 is 4.98. The fraction of sp³-hybridized carbons (Fsp3) is 0.846. The molecule has 1 heterocycles. The predicted molar refractivity (Wildman–Crippen MR) is 76.4 cm³/mol. The minimum Gasteiger partial charge on any atom is -0.393 e. The maximum atomic E-state index is 12.3. The molecule has 0 aliphatic carbocycles. The van der Waals surface area contributed by atoms with E-state index in [0.29, 0.717) is 11.5 Å². The predicted octanol–water partition coefficient (Wildman–Crippen LogP) is 1.72. The molecule has 0 spiro atoms. The molecule has 1 saturated heterocycles. The average Bonchev–Trinajstić information content (AvgIpc) is 2.36. The lowest BCUT2D eigenvalue weighted by Crippen LogP contribution is -2.43. The van der Waals surface area contributed by atoms with Crippen LogP contribution in [0.15, 0.2) is 0 Å². The van der Waals surface area contributed by atoms with Crippen LogP contribution >= 0.6 is 12.2 Å². The van der Waals surface area contributed by atoms with E-state index < -0.39 is 0 Å². The zero-order chi connectivity index (χ0) is 13.5. The van der Waals surface area contributed by atoms with E-state index in [2.05, 4.69) is 0 Å². The van der Waals surface area contributed by atoms with Crippen LogP contribution in [0, 0.1) is 5.92 Å². The van der Waals surface area contributed by atoms with E-state index in [9.17, 15) is 4.79 Å². The maximum Gasteiger partial charge on any atom is 0.232 e. The molecule has 0 bridgehead atoms. The van der Waals surface area contributed by atoms with Gasteiger partial charge in [0.1, 0.15) is 0 Å². The summed E-state index contributed by atoms with van der Waals surface area (Å²) in [6, 6.07) is 0. The Kier molecular flexibility index (Phi) is 6.57. The summed E-state index contributed by atoms with van der Waals surface area (Å²) in [6.07, 6.45) is 5.13. The van der Waals surface area contributed by atoms with E-state index in [1.807, 2.05) is 6.92 Å². The molecule has 4 nitrogen and oxygen atoms in total. The van der Waals surface area contributed by atoms with Crippen molar-refractivity contribution in [3.63, 3.8) is 0 Å². The average molecular weight is 272 g/mol. The van der Waals surface area contributed by atoms with E-state index >= 15 is 0 Å². The van der Waals surface area contributed by atoms with Crippen molar-refractivity contribution in [1.29, 1.82) is 0 Å². The number of carbonyl (C=O) groups is 1. The Morgan fingerprint density at radius 3 is 2.78 bits per heavy atom. The summed E-state index contributed by atoms with van der Waals surface area (Å²) in [6.45, 7) is 3.48. The van der Waals surface area contributed by atoms with Crippen LogP contribution in [0.5, 0.6) is 0 Å². The molecule has 1 aliphatic rings. The Bertz CT molecular complexity index is 291. The molecule has 1 aliphatic heterocycles. The topological polar surface area (TPSA) is 55.6 Å². The van der Waals surface area contributed by atoms with Crippen molar-refractivity contribution in [3.05, 3.63) is 0 Å². The third-order valence-electron chi connectivity index (χ3n) is 3.35. The first-order valence-corrected chi connectivity index (χ1v) is 7.13. The van der Waals surface area contributed by atoms with Crippen molar-refractivity contribution in [2.24, 2.45) is 11.7 Å². The number of nitrogens with two attached hydrogens (primary N) is 1. The second-order valence-corrected chi connectivity index (χ2v) is 5.42. The largest absolute Gasteiger partial charge is 0.393 e. The van der Waals surface area contributed by atoms with Crippen molar-refractivity contribution in [2.45, 2.75) is 45.1 Å². The molecule has 5 heteroatoms. The van der Waals surface area contributed by atoms with Crippen LogP contribution in [-0.4, -0.2) is 42.1 Å². The monoisotopic (exact) mass is 272 g/mol.